The van der Waals surface area contributed by atoms with Crippen LogP contribution in [0, 0.1) is 0 Å². The molecule has 1 aliphatic carbocycles. The van der Waals surface area contributed by atoms with Gasteiger partial charge in [0.1, 0.15) is 29.2 Å². The van der Waals surface area contributed by atoms with Gasteiger partial charge in [-0.1, -0.05) is 11.6 Å². The molecule has 36 heavy (non-hydrogen) atoms. The lowest BCUT2D eigenvalue weighted by molar-refractivity contribution is 0.391. The van der Waals surface area contributed by atoms with Gasteiger partial charge in [0.05, 0.1) is 27.0 Å². The highest BCUT2D eigenvalue weighted by molar-refractivity contribution is 6.32. The molecule has 1 N–H and O–H groups in total. The van der Waals surface area contributed by atoms with Gasteiger partial charge >= 0.3 is 0 Å². The Morgan fingerprint density at radius 3 is 2.56 bits per heavy atom. The van der Waals surface area contributed by atoms with E-state index in [0.29, 0.717) is 63.3 Å². The standard InChI is InChI=1S/C25H26ClN7O3/c1-33-12-18(22(26)32-33)17-11-28-24(20-21(14-5-6-14)29-13-30-25(20)36-4)31-23(17)27-10-15-7-8-16(34-2)9-19(15)35-3/h7-9,11-14H,5-6,10H2,1-4H3,(H,27,28,31). The first-order valence-electron chi connectivity index (χ1n) is 11.4. The largest absolute Gasteiger partial charge is 0.497 e. The highest BCUT2D eigenvalue weighted by Gasteiger charge is 2.31. The molecule has 0 amide bonds. The SMILES string of the molecule is COc1ccc(CNc2nc(-c3c(OC)ncnc3C3CC3)ncc2-c2cn(C)nc2Cl)c(OC)c1. The van der Waals surface area contributed by atoms with Crippen molar-refractivity contribution in [3.05, 3.63) is 53.3 Å². The zero-order valence-corrected chi connectivity index (χ0v) is 21.2. The molecular weight excluding hydrogens is 482 g/mol. The van der Waals surface area contributed by atoms with Crippen LogP contribution in [0.15, 0.2) is 36.9 Å². The van der Waals surface area contributed by atoms with Crippen LogP contribution in [0.3, 0.4) is 0 Å². The molecule has 0 spiro atoms. The summed E-state index contributed by atoms with van der Waals surface area (Å²) in [6.45, 7) is 0.437. The van der Waals surface area contributed by atoms with E-state index in [9.17, 15) is 0 Å². The molecular formula is C25H26ClN7O3. The zero-order valence-electron chi connectivity index (χ0n) is 20.4. The van der Waals surface area contributed by atoms with Gasteiger partial charge < -0.3 is 19.5 Å². The summed E-state index contributed by atoms with van der Waals surface area (Å²) in [4.78, 5) is 18.4. The Hall–Kier alpha value is -3.92. The Balaban J connectivity index is 1.59. The molecule has 0 bridgehead atoms. The van der Waals surface area contributed by atoms with E-state index in [1.165, 1.54) is 6.33 Å². The van der Waals surface area contributed by atoms with Gasteiger partial charge in [0, 0.05) is 54.7 Å². The van der Waals surface area contributed by atoms with Crippen LogP contribution in [-0.4, -0.2) is 51.0 Å². The Labute approximate surface area is 213 Å². The number of hydrogen-bond donors (Lipinski definition) is 1. The fraction of sp³-hybridized carbons (Fsp3) is 0.320. The van der Waals surface area contributed by atoms with Gasteiger partial charge in [-0.25, -0.2) is 19.9 Å². The number of benzene rings is 1. The van der Waals surface area contributed by atoms with Crippen molar-refractivity contribution < 1.29 is 14.2 Å². The predicted octanol–water partition coefficient (Wildman–Crippen LogP) is 4.50. The van der Waals surface area contributed by atoms with Crippen LogP contribution < -0.4 is 19.5 Å². The maximum Gasteiger partial charge on any atom is 0.227 e. The van der Waals surface area contributed by atoms with Gasteiger partial charge in [0.25, 0.3) is 0 Å². The lowest BCUT2D eigenvalue weighted by Crippen LogP contribution is -2.08. The number of ether oxygens (including phenoxy) is 3. The number of hydrogen-bond acceptors (Lipinski definition) is 9. The molecule has 0 radical (unpaired) electrons. The third-order valence-corrected chi connectivity index (χ3v) is 6.31. The van der Waals surface area contributed by atoms with E-state index in [-0.39, 0.29) is 0 Å². The molecule has 5 rings (SSSR count). The molecule has 11 heteroatoms. The van der Waals surface area contributed by atoms with Crippen LogP contribution in [0.25, 0.3) is 22.5 Å². The number of nitrogens with zero attached hydrogens (tertiary/aromatic N) is 6. The first-order chi connectivity index (χ1) is 17.5. The van der Waals surface area contributed by atoms with Gasteiger partial charge in [-0.05, 0) is 25.0 Å². The second-order valence-corrected chi connectivity index (χ2v) is 8.77. The lowest BCUT2D eigenvalue weighted by Gasteiger charge is -2.16. The normalized spacial score (nSPS) is 12.9. The number of aromatic nitrogens is 6. The minimum absolute atomic E-state index is 0.355. The molecule has 1 aliphatic rings. The number of nitrogens with one attached hydrogen (secondary N) is 1. The summed E-state index contributed by atoms with van der Waals surface area (Å²) in [6, 6.07) is 5.68. The summed E-state index contributed by atoms with van der Waals surface area (Å²) >= 11 is 6.44. The van der Waals surface area contributed by atoms with E-state index in [1.54, 1.807) is 32.2 Å². The second kappa shape index (κ2) is 9.98. The molecule has 0 unspecified atom stereocenters. The Kier molecular flexibility index (Phi) is 6.60. The van der Waals surface area contributed by atoms with Crippen molar-refractivity contribution in [1.29, 1.82) is 0 Å². The highest BCUT2D eigenvalue weighted by Crippen LogP contribution is 2.45. The first kappa shape index (κ1) is 23.8. The molecule has 3 heterocycles. The van der Waals surface area contributed by atoms with Gasteiger partial charge in [-0.15, -0.1) is 0 Å². The van der Waals surface area contributed by atoms with Crippen LogP contribution in [0.1, 0.15) is 30.0 Å². The quantitative estimate of drug-likeness (QED) is 0.350. The number of anilines is 1. The maximum atomic E-state index is 6.44. The van der Waals surface area contributed by atoms with Gasteiger partial charge in [-0.3, -0.25) is 4.68 Å². The van der Waals surface area contributed by atoms with E-state index in [4.69, 9.17) is 30.8 Å². The lowest BCUT2D eigenvalue weighted by atomic mass is 10.1. The highest BCUT2D eigenvalue weighted by atomic mass is 35.5. The molecule has 1 fully saturated rings. The van der Waals surface area contributed by atoms with Gasteiger partial charge in [-0.2, -0.15) is 5.10 Å². The van der Waals surface area contributed by atoms with E-state index in [2.05, 4.69) is 25.4 Å². The van der Waals surface area contributed by atoms with Crippen molar-refractivity contribution >= 4 is 17.4 Å². The molecule has 1 saturated carbocycles. The summed E-state index contributed by atoms with van der Waals surface area (Å²) in [5.74, 6) is 3.27. The van der Waals surface area contributed by atoms with Crippen LogP contribution in [-0.2, 0) is 13.6 Å². The average molecular weight is 508 g/mol. The first-order valence-corrected chi connectivity index (χ1v) is 11.8. The number of halogens is 1. The van der Waals surface area contributed by atoms with E-state index < -0.39 is 0 Å². The minimum atomic E-state index is 0.355. The molecule has 4 aromatic rings. The minimum Gasteiger partial charge on any atom is -0.497 e. The fourth-order valence-corrected chi connectivity index (χ4v) is 4.34. The number of aryl methyl sites for hydroxylation is 1. The van der Waals surface area contributed by atoms with Crippen LogP contribution in [0.5, 0.6) is 17.4 Å². The Bertz CT molecular complexity index is 1400. The molecule has 0 saturated heterocycles. The summed E-state index contributed by atoms with van der Waals surface area (Å²) in [7, 11) is 6.65. The summed E-state index contributed by atoms with van der Waals surface area (Å²) < 4.78 is 18.1. The summed E-state index contributed by atoms with van der Waals surface area (Å²) in [5.41, 5.74) is 3.97. The van der Waals surface area contributed by atoms with Crippen LogP contribution in [0.4, 0.5) is 5.82 Å². The third kappa shape index (κ3) is 4.64. The fourth-order valence-electron chi connectivity index (χ4n) is 4.07. The molecule has 3 aromatic heterocycles. The van der Waals surface area contributed by atoms with Crippen molar-refractivity contribution in [2.24, 2.45) is 7.05 Å². The van der Waals surface area contributed by atoms with Crippen molar-refractivity contribution in [3.8, 4) is 39.9 Å². The third-order valence-electron chi connectivity index (χ3n) is 6.03. The van der Waals surface area contributed by atoms with E-state index in [1.807, 2.05) is 31.4 Å². The van der Waals surface area contributed by atoms with Crippen LogP contribution >= 0.6 is 11.6 Å². The Morgan fingerprint density at radius 1 is 1.06 bits per heavy atom. The molecule has 0 atom stereocenters. The summed E-state index contributed by atoms with van der Waals surface area (Å²) in [5, 5.41) is 8.07. The monoisotopic (exact) mass is 507 g/mol. The maximum absolute atomic E-state index is 6.44. The average Bonchev–Trinajstić information content (AvgIpc) is 3.70. The van der Waals surface area contributed by atoms with Crippen molar-refractivity contribution in [2.75, 3.05) is 26.6 Å². The second-order valence-electron chi connectivity index (χ2n) is 8.41. The topological polar surface area (TPSA) is 109 Å². The van der Waals surface area contributed by atoms with Gasteiger partial charge in [0.15, 0.2) is 11.0 Å². The molecule has 10 nitrogen and oxygen atoms in total. The summed E-state index contributed by atoms with van der Waals surface area (Å²) in [6.07, 6.45) is 7.23. The Morgan fingerprint density at radius 2 is 1.89 bits per heavy atom. The van der Waals surface area contributed by atoms with Crippen molar-refractivity contribution in [3.63, 3.8) is 0 Å². The van der Waals surface area contributed by atoms with E-state index >= 15 is 0 Å². The predicted molar refractivity (Wildman–Crippen MR) is 136 cm³/mol. The number of methoxy groups -OCH3 is 3. The molecule has 186 valence electrons. The van der Waals surface area contributed by atoms with Crippen molar-refractivity contribution in [1.82, 2.24) is 29.7 Å². The molecule has 1 aromatic carbocycles. The number of rotatable bonds is 9. The van der Waals surface area contributed by atoms with E-state index in [0.717, 1.165) is 24.1 Å². The van der Waals surface area contributed by atoms with Crippen LogP contribution in [0.2, 0.25) is 5.15 Å². The smallest absolute Gasteiger partial charge is 0.227 e. The van der Waals surface area contributed by atoms with Crippen molar-refractivity contribution in [2.45, 2.75) is 25.3 Å². The molecule has 0 aliphatic heterocycles. The van der Waals surface area contributed by atoms with Gasteiger partial charge in [0.2, 0.25) is 5.88 Å². The zero-order chi connectivity index (χ0) is 25.2.